The predicted molar refractivity (Wildman–Crippen MR) is 114 cm³/mol. The molecule has 4 heterocycles. The Morgan fingerprint density at radius 2 is 1.83 bits per heavy atom. The van der Waals surface area contributed by atoms with Gasteiger partial charge in [0.2, 0.25) is 0 Å². The Morgan fingerprint density at radius 3 is 2.53 bits per heavy atom. The number of aromatic amines is 1. The third-order valence-electron chi connectivity index (χ3n) is 6.06. The number of benzene rings is 1. The molecule has 3 aliphatic rings. The van der Waals surface area contributed by atoms with Crippen LogP contribution in [0.4, 0.5) is 5.69 Å². The van der Waals surface area contributed by atoms with Crippen LogP contribution in [0.5, 0.6) is 0 Å². The lowest BCUT2D eigenvalue weighted by molar-refractivity contribution is 0.0516. The first-order valence-electron chi connectivity index (χ1n) is 9.73. The van der Waals surface area contributed by atoms with Crippen LogP contribution in [0.1, 0.15) is 44.7 Å². The number of nitrogens with one attached hydrogen (secondary N) is 1. The number of fused-ring (bicyclic) bond motifs is 2. The van der Waals surface area contributed by atoms with Crippen LogP contribution in [0.25, 0.3) is 0 Å². The molecule has 2 aromatic rings. The van der Waals surface area contributed by atoms with E-state index in [-0.39, 0.29) is 44.6 Å². The number of hydrogen-bond acceptors (Lipinski definition) is 5. The molecule has 9 heteroatoms. The molecule has 0 spiro atoms. The molecule has 7 nitrogen and oxygen atoms in total. The molecule has 30 heavy (non-hydrogen) atoms. The van der Waals surface area contributed by atoms with Crippen LogP contribution >= 0.6 is 23.2 Å². The number of nitrogens with zero attached hydrogens (tertiary/aromatic N) is 3. The molecule has 154 valence electrons. The largest absolute Gasteiger partial charge is 0.328 e. The highest BCUT2D eigenvalue weighted by Crippen LogP contribution is 2.43. The highest BCUT2D eigenvalue weighted by Gasteiger charge is 2.44. The maximum absolute atomic E-state index is 13.2. The lowest BCUT2D eigenvalue weighted by Crippen LogP contribution is -2.46. The number of H-pyrrole nitrogens is 1. The van der Waals surface area contributed by atoms with Gasteiger partial charge >= 0.3 is 0 Å². The number of halogens is 2. The van der Waals surface area contributed by atoms with Crippen molar-refractivity contribution in [1.29, 1.82) is 0 Å². The number of piperidine rings is 1. The number of imide groups is 1. The Kier molecular flexibility index (Phi) is 4.57. The number of carbonyl (C=O) groups excluding carboxylic acids is 2. The molecule has 0 radical (unpaired) electrons. The summed E-state index contributed by atoms with van der Waals surface area (Å²) in [4.78, 5) is 49.2. The smallest absolute Gasteiger partial charge is 0.263 e. The van der Waals surface area contributed by atoms with Gasteiger partial charge in [0.25, 0.3) is 17.4 Å². The van der Waals surface area contributed by atoms with Crippen LogP contribution in [0.2, 0.25) is 10.0 Å². The topological polar surface area (TPSA) is 85.8 Å². The minimum Gasteiger partial charge on any atom is -0.328 e. The zero-order chi connectivity index (χ0) is 21.2. The van der Waals surface area contributed by atoms with E-state index in [0.717, 1.165) is 25.9 Å². The fourth-order valence-corrected chi connectivity index (χ4v) is 5.08. The van der Waals surface area contributed by atoms with Gasteiger partial charge in [-0.1, -0.05) is 23.2 Å². The maximum atomic E-state index is 13.2. The van der Waals surface area contributed by atoms with Crippen molar-refractivity contribution >= 4 is 46.4 Å². The maximum Gasteiger partial charge on any atom is 0.263 e. The Morgan fingerprint density at radius 1 is 1.10 bits per heavy atom. The first-order valence-corrected chi connectivity index (χ1v) is 10.5. The van der Waals surface area contributed by atoms with Crippen molar-refractivity contribution in [2.75, 3.05) is 20.1 Å². The van der Waals surface area contributed by atoms with E-state index in [1.807, 2.05) is 7.05 Å². The Bertz CT molecular complexity index is 1200. The fourth-order valence-electron chi connectivity index (χ4n) is 4.48. The second-order valence-corrected chi connectivity index (χ2v) is 8.69. The summed E-state index contributed by atoms with van der Waals surface area (Å²) in [7, 11) is 2.03. The summed E-state index contributed by atoms with van der Waals surface area (Å²) in [5, 5.41) is 0.448. The Hall–Kier alpha value is -2.48. The van der Waals surface area contributed by atoms with E-state index < -0.39 is 0 Å². The molecule has 0 saturated carbocycles. The number of likely N-dealkylation sites (tertiary alicyclic amines) is 1. The van der Waals surface area contributed by atoms with Crippen molar-refractivity contribution in [3.8, 4) is 0 Å². The molecule has 5 rings (SSSR count). The van der Waals surface area contributed by atoms with Gasteiger partial charge in [-0.25, -0.2) is 0 Å². The zero-order valence-electron chi connectivity index (χ0n) is 16.2. The van der Waals surface area contributed by atoms with Gasteiger partial charge in [-0.2, -0.15) is 0 Å². The van der Waals surface area contributed by atoms with E-state index in [0.29, 0.717) is 28.9 Å². The lowest BCUT2D eigenvalue weighted by Gasteiger charge is -2.33. The Balaban J connectivity index is 1.55. The van der Waals surface area contributed by atoms with Crippen molar-refractivity contribution in [2.24, 2.45) is 4.99 Å². The van der Waals surface area contributed by atoms with Crippen LogP contribution < -0.4 is 5.56 Å². The zero-order valence-corrected chi connectivity index (χ0v) is 17.7. The molecule has 1 N–H and O–H groups in total. The minimum atomic E-state index is -0.364. The van der Waals surface area contributed by atoms with Gasteiger partial charge in [0.15, 0.2) is 0 Å². The standard InChI is InChI=1S/C21H18Cl2N4O3/c1-26-6-3-11(4-7-26)27-20(29)12-8-10-9-14(16-13(22)2-5-24-19(16)28)25-18(10)17(23)15(12)21(27)30/h2,5,8,11H,3-4,6-7,9H2,1H3,(H,24,28). The minimum absolute atomic E-state index is 0.125. The summed E-state index contributed by atoms with van der Waals surface area (Å²) in [6.45, 7) is 1.67. The highest BCUT2D eigenvalue weighted by molar-refractivity contribution is 6.40. The highest BCUT2D eigenvalue weighted by atomic mass is 35.5. The normalized spacial score (nSPS) is 19.3. The molecule has 1 aromatic carbocycles. The van der Waals surface area contributed by atoms with Crippen molar-refractivity contribution in [1.82, 2.24) is 14.8 Å². The quantitative estimate of drug-likeness (QED) is 0.721. The summed E-state index contributed by atoms with van der Waals surface area (Å²) < 4.78 is 0. The molecule has 2 amide bonds. The van der Waals surface area contributed by atoms with Crippen molar-refractivity contribution in [3.05, 3.63) is 61.0 Å². The van der Waals surface area contributed by atoms with Crippen molar-refractivity contribution in [3.63, 3.8) is 0 Å². The van der Waals surface area contributed by atoms with Crippen molar-refractivity contribution < 1.29 is 9.59 Å². The first kappa shape index (κ1) is 19.5. The third-order valence-corrected chi connectivity index (χ3v) is 6.74. The van der Waals surface area contributed by atoms with Gasteiger partial charge in [0, 0.05) is 18.7 Å². The van der Waals surface area contributed by atoms with Crippen LogP contribution in [0.15, 0.2) is 28.1 Å². The second kappa shape index (κ2) is 7.04. The van der Waals surface area contributed by atoms with Gasteiger partial charge in [-0.05, 0) is 50.7 Å². The van der Waals surface area contributed by atoms with Crippen molar-refractivity contribution in [2.45, 2.75) is 25.3 Å². The monoisotopic (exact) mass is 444 g/mol. The van der Waals surface area contributed by atoms with E-state index in [9.17, 15) is 14.4 Å². The number of rotatable bonds is 2. The van der Waals surface area contributed by atoms with Crippen LogP contribution in [0, 0.1) is 0 Å². The van der Waals surface area contributed by atoms with Gasteiger partial charge in [0.05, 0.1) is 38.1 Å². The third kappa shape index (κ3) is 2.84. The van der Waals surface area contributed by atoms with E-state index in [1.165, 1.54) is 11.1 Å². The molecular formula is C21H18Cl2N4O3. The number of pyridine rings is 1. The fraction of sp³-hybridized carbons (Fsp3) is 0.333. The van der Waals surface area contributed by atoms with E-state index in [2.05, 4.69) is 14.9 Å². The summed E-state index contributed by atoms with van der Waals surface area (Å²) >= 11 is 12.8. The van der Waals surface area contributed by atoms with Gasteiger partial charge < -0.3 is 9.88 Å². The predicted octanol–water partition coefficient (Wildman–Crippen LogP) is 3.05. The molecule has 1 saturated heterocycles. The second-order valence-electron chi connectivity index (χ2n) is 7.90. The van der Waals surface area contributed by atoms with E-state index in [1.54, 1.807) is 12.1 Å². The van der Waals surface area contributed by atoms with Crippen LogP contribution in [-0.4, -0.2) is 58.5 Å². The molecule has 3 aliphatic heterocycles. The first-order chi connectivity index (χ1) is 14.4. The number of aliphatic imine (C=N–C) groups is 1. The number of aromatic nitrogens is 1. The van der Waals surface area contributed by atoms with E-state index in [4.69, 9.17) is 23.2 Å². The average Bonchev–Trinajstić information content (AvgIpc) is 3.23. The summed E-state index contributed by atoms with van der Waals surface area (Å²) in [5.41, 5.74) is 2.05. The van der Waals surface area contributed by atoms with Gasteiger partial charge in [0.1, 0.15) is 0 Å². The molecule has 0 aliphatic carbocycles. The van der Waals surface area contributed by atoms with Gasteiger partial charge in [-0.3, -0.25) is 24.3 Å². The molecule has 0 bridgehead atoms. The number of hydrogen-bond donors (Lipinski definition) is 1. The molecule has 1 aromatic heterocycles. The SMILES string of the molecule is CN1CCC(N2C(=O)c3cc4c(c(Cl)c3C2=O)N=C(c2c(Cl)cc[nH]c2=O)C4)CC1. The lowest BCUT2D eigenvalue weighted by atomic mass is 10.0. The van der Waals surface area contributed by atoms with E-state index >= 15 is 0 Å². The van der Waals surface area contributed by atoms with Gasteiger partial charge in [-0.15, -0.1) is 0 Å². The van der Waals surface area contributed by atoms with Crippen LogP contribution in [-0.2, 0) is 6.42 Å². The van der Waals surface area contributed by atoms with Crippen LogP contribution in [0.3, 0.4) is 0 Å². The number of amides is 2. The summed E-state index contributed by atoms with van der Waals surface area (Å²) in [6, 6.07) is 3.14. The molecule has 0 unspecified atom stereocenters. The summed E-state index contributed by atoms with van der Waals surface area (Å²) in [5.74, 6) is -0.671. The molecule has 0 atom stereocenters. The molecular weight excluding hydrogens is 427 g/mol. The number of carbonyl (C=O) groups is 2. The Labute approximate surface area is 182 Å². The summed E-state index contributed by atoms with van der Waals surface area (Å²) in [6.07, 6.45) is 3.27. The average molecular weight is 445 g/mol. The molecule has 1 fully saturated rings.